The molecule has 0 bridgehead atoms. The van der Waals surface area contributed by atoms with Crippen LogP contribution >= 0.6 is 0 Å². The van der Waals surface area contributed by atoms with Crippen molar-refractivity contribution in [3.63, 3.8) is 0 Å². The van der Waals surface area contributed by atoms with E-state index in [9.17, 15) is 14.4 Å². The summed E-state index contributed by atoms with van der Waals surface area (Å²) in [7, 11) is 0. The summed E-state index contributed by atoms with van der Waals surface area (Å²) in [6, 6.07) is -1.34. The maximum Gasteiger partial charge on any atom is 0.326 e. The van der Waals surface area contributed by atoms with E-state index in [2.05, 4.69) is 5.32 Å². The van der Waals surface area contributed by atoms with E-state index >= 15 is 0 Å². The van der Waals surface area contributed by atoms with E-state index in [-0.39, 0.29) is 6.42 Å². The molecule has 3 N–H and O–H groups in total. The molecule has 1 amide bonds. The predicted octanol–water partition coefficient (Wildman–Crippen LogP) is 0.221. The first-order chi connectivity index (χ1) is 6.97. The molecule has 0 spiro atoms. The molecule has 0 saturated heterocycles. The number of carbonyl (C=O) groups excluding carboxylic acids is 1. The molecule has 0 radical (unpaired) electrons. The fourth-order valence-corrected chi connectivity index (χ4v) is 0.979. The molecule has 86 valence electrons. The molecule has 6 heteroatoms. The van der Waals surface area contributed by atoms with Crippen LogP contribution in [0.4, 0.5) is 0 Å². The number of carboxylic acid groups (broad SMARTS) is 2. The third-order valence-corrected chi connectivity index (χ3v) is 1.77. The first-order valence-corrected chi connectivity index (χ1v) is 4.71. The lowest BCUT2D eigenvalue weighted by Crippen LogP contribution is -2.42. The molecule has 0 saturated carbocycles. The normalized spacial score (nSPS) is 11.8. The van der Waals surface area contributed by atoms with Crippen LogP contribution in [0.5, 0.6) is 0 Å². The Bertz CT molecular complexity index is 251. The fraction of sp³-hybridized carbons (Fsp3) is 0.667. The third-order valence-electron chi connectivity index (χ3n) is 1.77. The lowest BCUT2D eigenvalue weighted by atomic mass is 10.2. The van der Waals surface area contributed by atoms with E-state index < -0.39 is 30.3 Å². The van der Waals surface area contributed by atoms with Crippen molar-refractivity contribution in [2.24, 2.45) is 0 Å². The Kier molecular flexibility index (Phi) is 6.08. The van der Waals surface area contributed by atoms with Crippen molar-refractivity contribution in [1.29, 1.82) is 0 Å². The highest BCUT2D eigenvalue weighted by Gasteiger charge is 2.22. The van der Waals surface area contributed by atoms with Gasteiger partial charge in [-0.15, -0.1) is 0 Å². The van der Waals surface area contributed by atoms with Gasteiger partial charge in [0.05, 0.1) is 6.42 Å². The van der Waals surface area contributed by atoms with Crippen molar-refractivity contribution in [2.45, 2.75) is 38.6 Å². The summed E-state index contributed by atoms with van der Waals surface area (Å²) in [5, 5.41) is 19.2. The molecule has 0 aromatic rings. The van der Waals surface area contributed by atoms with Gasteiger partial charge >= 0.3 is 11.9 Å². The van der Waals surface area contributed by atoms with Crippen molar-refractivity contribution in [1.82, 2.24) is 5.32 Å². The molecule has 0 unspecified atom stereocenters. The second kappa shape index (κ2) is 6.80. The van der Waals surface area contributed by atoms with Gasteiger partial charge < -0.3 is 15.5 Å². The van der Waals surface area contributed by atoms with Gasteiger partial charge in [0, 0.05) is 6.42 Å². The SMILES string of the molecule is CCCCC(=O)N[C@H](CC(=O)O)C(=O)O. The van der Waals surface area contributed by atoms with E-state index in [4.69, 9.17) is 10.2 Å². The molecule has 0 aliphatic rings. The average Bonchev–Trinajstić information content (AvgIpc) is 2.12. The van der Waals surface area contributed by atoms with Crippen molar-refractivity contribution in [3.05, 3.63) is 0 Å². The molecular weight excluding hydrogens is 202 g/mol. The van der Waals surface area contributed by atoms with Crippen LogP contribution in [-0.4, -0.2) is 34.1 Å². The summed E-state index contributed by atoms with van der Waals surface area (Å²) in [4.78, 5) is 32.0. The van der Waals surface area contributed by atoms with Gasteiger partial charge in [-0.1, -0.05) is 13.3 Å². The van der Waals surface area contributed by atoms with Crippen molar-refractivity contribution in [2.75, 3.05) is 0 Å². The van der Waals surface area contributed by atoms with Crippen LogP contribution in [-0.2, 0) is 14.4 Å². The monoisotopic (exact) mass is 217 g/mol. The second-order valence-corrected chi connectivity index (χ2v) is 3.16. The highest BCUT2D eigenvalue weighted by Crippen LogP contribution is 1.97. The number of carboxylic acids is 2. The molecule has 0 rings (SSSR count). The summed E-state index contributed by atoms with van der Waals surface area (Å²) in [6.45, 7) is 1.90. The van der Waals surface area contributed by atoms with E-state index in [1.165, 1.54) is 0 Å². The largest absolute Gasteiger partial charge is 0.481 e. The Morgan fingerprint density at radius 3 is 2.27 bits per heavy atom. The molecule has 6 nitrogen and oxygen atoms in total. The Balaban J connectivity index is 4.10. The van der Waals surface area contributed by atoms with E-state index in [1.54, 1.807) is 0 Å². The third kappa shape index (κ3) is 6.48. The van der Waals surface area contributed by atoms with Crippen LogP contribution in [0.1, 0.15) is 32.6 Å². The van der Waals surface area contributed by atoms with Gasteiger partial charge in [0.2, 0.25) is 5.91 Å². The minimum absolute atomic E-state index is 0.222. The van der Waals surface area contributed by atoms with Crippen LogP contribution in [0.2, 0.25) is 0 Å². The van der Waals surface area contributed by atoms with Gasteiger partial charge in [-0.05, 0) is 6.42 Å². The van der Waals surface area contributed by atoms with Gasteiger partial charge in [-0.2, -0.15) is 0 Å². The lowest BCUT2D eigenvalue weighted by Gasteiger charge is -2.11. The standard InChI is InChI=1S/C9H15NO5/c1-2-3-4-7(11)10-6(9(14)15)5-8(12)13/h6H,2-5H2,1H3,(H,10,11)(H,12,13)(H,14,15)/t6-/m1/s1. The number of hydrogen-bond donors (Lipinski definition) is 3. The van der Waals surface area contributed by atoms with Crippen LogP contribution in [0.25, 0.3) is 0 Å². The van der Waals surface area contributed by atoms with Gasteiger partial charge in [0.15, 0.2) is 0 Å². The minimum Gasteiger partial charge on any atom is -0.481 e. The molecular formula is C9H15NO5. The summed E-state index contributed by atoms with van der Waals surface area (Å²) in [5.41, 5.74) is 0. The number of rotatable bonds is 7. The van der Waals surface area contributed by atoms with E-state index in [0.717, 1.165) is 6.42 Å². The Hall–Kier alpha value is -1.59. The van der Waals surface area contributed by atoms with Crippen molar-refractivity contribution < 1.29 is 24.6 Å². The van der Waals surface area contributed by atoms with Gasteiger partial charge in [-0.25, -0.2) is 4.79 Å². The quantitative estimate of drug-likeness (QED) is 0.566. The smallest absolute Gasteiger partial charge is 0.326 e. The summed E-state index contributed by atoms with van der Waals surface area (Å²) in [6.07, 6.45) is 1.10. The van der Waals surface area contributed by atoms with Crippen LogP contribution in [0.3, 0.4) is 0 Å². The Morgan fingerprint density at radius 1 is 1.27 bits per heavy atom. The molecule has 0 fully saturated rings. The molecule has 0 aromatic carbocycles. The van der Waals surface area contributed by atoms with E-state index in [1.807, 2.05) is 6.92 Å². The molecule has 0 aromatic heterocycles. The molecule has 15 heavy (non-hydrogen) atoms. The number of hydrogen-bond acceptors (Lipinski definition) is 3. The number of nitrogens with one attached hydrogen (secondary N) is 1. The summed E-state index contributed by atoms with van der Waals surface area (Å²) < 4.78 is 0. The first kappa shape index (κ1) is 13.4. The first-order valence-electron chi connectivity index (χ1n) is 4.71. The van der Waals surface area contributed by atoms with Gasteiger partial charge in [0.25, 0.3) is 0 Å². The number of aliphatic carboxylic acids is 2. The second-order valence-electron chi connectivity index (χ2n) is 3.16. The topological polar surface area (TPSA) is 104 Å². The molecule has 0 aliphatic carbocycles. The van der Waals surface area contributed by atoms with Gasteiger partial charge in [-0.3, -0.25) is 9.59 Å². The van der Waals surface area contributed by atoms with Gasteiger partial charge in [0.1, 0.15) is 6.04 Å². The van der Waals surface area contributed by atoms with Crippen molar-refractivity contribution >= 4 is 17.8 Å². The molecule has 0 aliphatic heterocycles. The Labute approximate surface area is 87.3 Å². The Morgan fingerprint density at radius 2 is 1.87 bits per heavy atom. The van der Waals surface area contributed by atoms with Crippen LogP contribution in [0, 0.1) is 0 Å². The minimum atomic E-state index is -1.34. The van der Waals surface area contributed by atoms with Crippen LogP contribution < -0.4 is 5.32 Å². The van der Waals surface area contributed by atoms with E-state index in [0.29, 0.717) is 6.42 Å². The summed E-state index contributed by atoms with van der Waals surface area (Å²) in [5.74, 6) is -3.01. The molecule has 1 atom stereocenters. The zero-order valence-electron chi connectivity index (χ0n) is 8.52. The summed E-state index contributed by atoms with van der Waals surface area (Å²) >= 11 is 0. The maximum atomic E-state index is 11.1. The fourth-order valence-electron chi connectivity index (χ4n) is 0.979. The zero-order valence-corrected chi connectivity index (χ0v) is 8.52. The number of unbranched alkanes of at least 4 members (excludes halogenated alkanes) is 1. The van der Waals surface area contributed by atoms with Crippen molar-refractivity contribution in [3.8, 4) is 0 Å². The number of amides is 1. The van der Waals surface area contributed by atoms with Crippen LogP contribution in [0.15, 0.2) is 0 Å². The molecule has 0 heterocycles. The number of carbonyl (C=O) groups is 3. The lowest BCUT2D eigenvalue weighted by molar-refractivity contribution is -0.147. The highest BCUT2D eigenvalue weighted by atomic mass is 16.4. The zero-order chi connectivity index (χ0) is 11.8. The maximum absolute atomic E-state index is 11.1. The predicted molar refractivity (Wildman–Crippen MR) is 51.3 cm³/mol. The highest BCUT2D eigenvalue weighted by molar-refractivity contribution is 5.86. The average molecular weight is 217 g/mol.